The van der Waals surface area contributed by atoms with Crippen LogP contribution in [0, 0.1) is 44.9 Å². The fourth-order valence-electron chi connectivity index (χ4n) is 6.65. The number of aromatic nitrogens is 2. The number of rotatable bonds is 6. The minimum Gasteiger partial charge on any atom is -0.394 e. The van der Waals surface area contributed by atoms with Crippen LogP contribution in [0.2, 0.25) is 0 Å². The molecule has 41 heavy (non-hydrogen) atoms. The van der Waals surface area contributed by atoms with Crippen LogP contribution in [0.3, 0.4) is 0 Å². The van der Waals surface area contributed by atoms with Crippen molar-refractivity contribution in [1.29, 1.82) is 5.26 Å². The second-order valence-electron chi connectivity index (χ2n) is 11.6. The van der Waals surface area contributed by atoms with Crippen molar-refractivity contribution in [2.45, 2.75) is 53.0 Å². The van der Waals surface area contributed by atoms with Crippen molar-refractivity contribution >= 4 is 17.4 Å². The molecular weight excluding hydrogens is 512 g/mol. The number of piperazine rings is 1. The predicted octanol–water partition coefficient (Wildman–Crippen LogP) is 4.36. The number of nitriles is 1. The molecule has 1 aromatic heterocycles. The number of anilines is 2. The number of hydrogen-bond donors (Lipinski definition) is 1. The van der Waals surface area contributed by atoms with Gasteiger partial charge in [-0.1, -0.05) is 12.1 Å². The fraction of sp³-hybridized carbons (Fsp3) is 0.455. The van der Waals surface area contributed by atoms with Gasteiger partial charge in [0.15, 0.2) is 5.82 Å². The molecule has 8 heteroatoms. The van der Waals surface area contributed by atoms with E-state index in [-0.39, 0.29) is 18.6 Å². The van der Waals surface area contributed by atoms with Crippen molar-refractivity contribution in [2.24, 2.45) is 5.92 Å². The molecule has 0 unspecified atom stereocenters. The highest BCUT2D eigenvalue weighted by Gasteiger charge is 2.32. The summed E-state index contributed by atoms with van der Waals surface area (Å²) in [4.78, 5) is 20.2. The highest BCUT2D eigenvalue weighted by Crippen LogP contribution is 2.32. The molecule has 3 aromatic rings. The van der Waals surface area contributed by atoms with Gasteiger partial charge in [0.2, 0.25) is 0 Å². The van der Waals surface area contributed by atoms with Crippen LogP contribution in [-0.2, 0) is 6.42 Å². The summed E-state index contributed by atoms with van der Waals surface area (Å²) in [5, 5.41) is 28.0. The van der Waals surface area contributed by atoms with E-state index in [0.29, 0.717) is 25.6 Å². The molecule has 0 saturated carbocycles. The lowest BCUT2D eigenvalue weighted by molar-refractivity contribution is 0.0697. The topological polar surface area (TPSA) is 96.6 Å². The van der Waals surface area contributed by atoms with E-state index in [1.54, 1.807) is 6.20 Å². The number of amides is 1. The molecule has 1 atom stereocenters. The third-order valence-electron chi connectivity index (χ3n) is 8.90. The third-order valence-corrected chi connectivity index (χ3v) is 8.90. The molecule has 5 rings (SSSR count). The molecule has 2 aliphatic rings. The van der Waals surface area contributed by atoms with Crippen LogP contribution in [0.4, 0.5) is 11.5 Å². The number of carbonyl (C=O) groups excluding carboxylic acids is 1. The van der Waals surface area contributed by atoms with E-state index in [0.717, 1.165) is 71.7 Å². The molecule has 2 aliphatic heterocycles. The number of carbonyl (C=O) groups is 1. The molecule has 0 bridgehead atoms. The van der Waals surface area contributed by atoms with Crippen LogP contribution >= 0.6 is 0 Å². The Morgan fingerprint density at radius 3 is 2.51 bits per heavy atom. The van der Waals surface area contributed by atoms with E-state index < -0.39 is 0 Å². The molecule has 1 N–H and O–H groups in total. The Labute approximate surface area is 243 Å². The van der Waals surface area contributed by atoms with Gasteiger partial charge in [0.1, 0.15) is 6.07 Å². The molecular formula is C33H40N6O2. The maximum atomic E-state index is 14.0. The predicted molar refractivity (Wildman–Crippen MR) is 161 cm³/mol. The smallest absolute Gasteiger partial charge is 0.254 e. The van der Waals surface area contributed by atoms with E-state index in [1.807, 2.05) is 41.8 Å². The van der Waals surface area contributed by atoms with Crippen LogP contribution in [0.1, 0.15) is 56.6 Å². The second-order valence-corrected chi connectivity index (χ2v) is 11.6. The van der Waals surface area contributed by atoms with E-state index >= 15 is 0 Å². The van der Waals surface area contributed by atoms with Crippen LogP contribution in [0.15, 0.2) is 42.6 Å². The van der Waals surface area contributed by atoms with Crippen LogP contribution in [0.5, 0.6) is 0 Å². The van der Waals surface area contributed by atoms with Crippen LogP contribution in [0.25, 0.3) is 0 Å². The molecule has 0 spiro atoms. The van der Waals surface area contributed by atoms with Gasteiger partial charge in [-0.15, -0.1) is 5.10 Å². The van der Waals surface area contributed by atoms with E-state index in [9.17, 15) is 15.2 Å². The van der Waals surface area contributed by atoms with E-state index in [4.69, 9.17) is 0 Å². The quantitative estimate of drug-likeness (QED) is 0.485. The summed E-state index contributed by atoms with van der Waals surface area (Å²) in [7, 11) is 0. The molecule has 2 saturated heterocycles. The largest absolute Gasteiger partial charge is 0.394 e. The Hall–Kier alpha value is -3.96. The molecule has 3 heterocycles. The highest BCUT2D eigenvalue weighted by molar-refractivity contribution is 5.97. The van der Waals surface area contributed by atoms with Crippen molar-refractivity contribution in [2.75, 3.05) is 49.1 Å². The lowest BCUT2D eigenvalue weighted by Gasteiger charge is -2.41. The van der Waals surface area contributed by atoms with Crippen LogP contribution < -0.4 is 9.80 Å². The van der Waals surface area contributed by atoms with Gasteiger partial charge in [0.25, 0.3) is 5.91 Å². The minimum atomic E-state index is -0.227. The molecule has 0 radical (unpaired) electrons. The summed E-state index contributed by atoms with van der Waals surface area (Å²) in [5.41, 5.74) is 8.29. The SMILES string of the molecule is Cc1ccc(N2CCC(Cc3c(C)cc(C)c(C(=O)N4CCN(c5cccnn5)[C@H](CO)C4)c3C)CC2)c(C#N)c1. The maximum absolute atomic E-state index is 14.0. The monoisotopic (exact) mass is 552 g/mol. The van der Waals surface area contributed by atoms with Crippen molar-refractivity contribution in [3.63, 3.8) is 0 Å². The maximum Gasteiger partial charge on any atom is 0.254 e. The molecule has 0 aliphatic carbocycles. The number of aliphatic hydroxyl groups is 1. The summed E-state index contributed by atoms with van der Waals surface area (Å²) in [5.74, 6) is 1.29. The molecule has 8 nitrogen and oxygen atoms in total. The van der Waals surface area contributed by atoms with Gasteiger partial charge in [-0.25, -0.2) is 0 Å². The summed E-state index contributed by atoms with van der Waals surface area (Å²) < 4.78 is 0. The fourth-order valence-corrected chi connectivity index (χ4v) is 6.65. The first kappa shape index (κ1) is 28.6. The molecule has 214 valence electrons. The number of hydrogen-bond acceptors (Lipinski definition) is 7. The van der Waals surface area contributed by atoms with Gasteiger partial charge in [-0.2, -0.15) is 10.4 Å². The Kier molecular flexibility index (Phi) is 8.55. The lowest BCUT2D eigenvalue weighted by Crippen LogP contribution is -2.56. The molecule has 2 fully saturated rings. The number of benzene rings is 2. The number of aryl methyl sites for hydroxylation is 3. The number of nitrogens with zero attached hydrogens (tertiary/aromatic N) is 6. The van der Waals surface area contributed by atoms with Crippen molar-refractivity contribution < 1.29 is 9.90 Å². The second kappa shape index (κ2) is 12.3. The third kappa shape index (κ3) is 5.91. The summed E-state index contributed by atoms with van der Waals surface area (Å²) in [6.45, 7) is 11.7. The zero-order valence-corrected chi connectivity index (χ0v) is 24.6. The molecule has 2 aromatic carbocycles. The van der Waals surface area contributed by atoms with Gasteiger partial charge >= 0.3 is 0 Å². The number of piperidine rings is 1. The van der Waals surface area contributed by atoms with Crippen LogP contribution in [-0.4, -0.2) is 71.5 Å². The summed E-state index contributed by atoms with van der Waals surface area (Å²) in [6.07, 6.45) is 4.69. The van der Waals surface area contributed by atoms with Gasteiger partial charge in [-0.3, -0.25) is 4.79 Å². The Bertz CT molecular complexity index is 1440. The van der Waals surface area contributed by atoms with Gasteiger partial charge < -0.3 is 19.8 Å². The van der Waals surface area contributed by atoms with Crippen molar-refractivity contribution in [3.05, 3.63) is 81.5 Å². The van der Waals surface area contributed by atoms with Gasteiger partial charge in [0.05, 0.1) is 23.9 Å². The Morgan fingerprint density at radius 2 is 1.83 bits per heavy atom. The Balaban J connectivity index is 1.29. The lowest BCUT2D eigenvalue weighted by atomic mass is 9.83. The van der Waals surface area contributed by atoms with Crippen molar-refractivity contribution in [1.82, 2.24) is 15.1 Å². The first-order valence-electron chi connectivity index (χ1n) is 14.6. The zero-order valence-electron chi connectivity index (χ0n) is 24.6. The van der Waals surface area contributed by atoms with Gasteiger partial charge in [0, 0.05) is 44.5 Å². The molecule has 1 amide bonds. The zero-order chi connectivity index (χ0) is 29.1. The highest BCUT2D eigenvalue weighted by atomic mass is 16.3. The van der Waals surface area contributed by atoms with Gasteiger partial charge in [-0.05, 0) is 105 Å². The Morgan fingerprint density at radius 1 is 1.05 bits per heavy atom. The minimum absolute atomic E-state index is 0.0386. The number of aliphatic hydroxyl groups excluding tert-OH is 1. The average molecular weight is 553 g/mol. The average Bonchev–Trinajstić information content (AvgIpc) is 2.99. The normalized spacial score (nSPS) is 18.0. The first-order chi connectivity index (χ1) is 19.8. The summed E-state index contributed by atoms with van der Waals surface area (Å²) in [6, 6.07) is 14.2. The van der Waals surface area contributed by atoms with E-state index in [1.165, 1.54) is 11.1 Å². The van der Waals surface area contributed by atoms with Crippen molar-refractivity contribution in [3.8, 4) is 6.07 Å². The standard InChI is InChI=1S/C33H40N6O2/c1-22-7-8-30(27(16-22)19-34)37-12-9-26(10-13-37)18-29-23(2)17-24(3)32(25(29)4)33(41)38-14-15-39(28(20-38)21-40)31-6-5-11-35-36-31/h5-8,11,16-17,26,28,40H,9-10,12-15,18,20-21H2,1-4H3/t28-/m0/s1. The summed E-state index contributed by atoms with van der Waals surface area (Å²) >= 11 is 0. The first-order valence-corrected chi connectivity index (χ1v) is 14.6. The van der Waals surface area contributed by atoms with E-state index in [2.05, 4.69) is 53.2 Å².